The number of ether oxygens (including phenoxy) is 5. The van der Waals surface area contributed by atoms with Gasteiger partial charge >= 0.3 is 18.1 Å². The standard InChI is InChI=1S/C65H83N11O14/c1-65(2,3)90-64(85)70-52-42-73(30-27-48-21-24-53(76(48)62(52)83)60(81)69-51(23-25-55(66)77)59(80)71-58(44-14-7-5-8-15-44)45-16-9-6-10-17-45)63(84)68-28-32-87-34-36-89-37-35-88-33-31-75(49-22-26-56(78)74(41-49)43-57(79)86-4)61(82)47-19-13-29-72(40-47)54-39-67-38-46-18-11-12-20-50(46)54/h5-12,14-18,20,22,26,38-39,41,47-48,51-53,58H,13,19,21,23-25,27-37,40,42-43H2,1-4H3,(H2,66,77)(H,68,84)(H,69,81)(H,70,85)(H,71,80)/t47-,48+,51?,52-,53-/m0/s1. The number of amides is 8. The number of nitrogens with one attached hydrogen (secondary N) is 4. The van der Waals surface area contributed by atoms with E-state index in [-0.39, 0.29) is 103 Å². The summed E-state index contributed by atoms with van der Waals surface area (Å²) in [7, 11) is 1.24. The number of alkyl carbamates (subject to hydrolysis) is 1. The van der Waals surface area contributed by atoms with E-state index in [2.05, 4.69) is 31.2 Å². The third kappa shape index (κ3) is 18.8. The van der Waals surface area contributed by atoms with Crippen LogP contribution in [0.2, 0.25) is 0 Å². The predicted molar refractivity (Wildman–Crippen MR) is 334 cm³/mol. The van der Waals surface area contributed by atoms with Gasteiger partial charge in [-0.05, 0) is 76.5 Å². The first-order chi connectivity index (χ1) is 43.4. The quantitative estimate of drug-likeness (QED) is 0.0364. The van der Waals surface area contributed by atoms with Gasteiger partial charge in [-0.15, -0.1) is 0 Å². The van der Waals surface area contributed by atoms with Crippen LogP contribution in [0.15, 0.2) is 120 Å². The maximum absolute atomic E-state index is 14.7. The zero-order valence-electron chi connectivity index (χ0n) is 51.6. The lowest BCUT2D eigenvalue weighted by atomic mass is 9.95. The van der Waals surface area contributed by atoms with Gasteiger partial charge < -0.3 is 74.9 Å². The Morgan fingerprint density at radius 3 is 2.12 bits per heavy atom. The number of aromatic nitrogens is 2. The number of carbonyl (C=O) groups is 8. The van der Waals surface area contributed by atoms with E-state index < -0.39 is 83.1 Å². The first kappa shape index (κ1) is 67.0. The highest BCUT2D eigenvalue weighted by molar-refractivity contribution is 5.98. The van der Waals surface area contributed by atoms with E-state index in [9.17, 15) is 43.2 Å². The first-order valence-corrected chi connectivity index (χ1v) is 30.6. The molecule has 90 heavy (non-hydrogen) atoms. The summed E-state index contributed by atoms with van der Waals surface area (Å²) in [6.45, 7) is 7.13. The molecule has 5 atom stereocenters. The first-order valence-electron chi connectivity index (χ1n) is 30.6. The van der Waals surface area contributed by atoms with Gasteiger partial charge in [0.1, 0.15) is 30.3 Å². The van der Waals surface area contributed by atoms with Crippen LogP contribution in [0.4, 0.5) is 21.0 Å². The number of nitrogens with zero attached hydrogens (tertiary/aromatic N) is 6. The summed E-state index contributed by atoms with van der Waals surface area (Å²) in [6.07, 6.45) is 6.25. The van der Waals surface area contributed by atoms with E-state index in [1.165, 1.54) is 33.7 Å². The number of hydrogen-bond donors (Lipinski definition) is 5. The molecule has 0 saturated carbocycles. The minimum Gasteiger partial charge on any atom is -0.468 e. The summed E-state index contributed by atoms with van der Waals surface area (Å²) in [5.41, 5.74) is 7.15. The van der Waals surface area contributed by atoms with Crippen molar-refractivity contribution in [2.75, 3.05) is 95.8 Å². The zero-order chi connectivity index (χ0) is 64.2. The Hall–Kier alpha value is -8.94. The van der Waals surface area contributed by atoms with Gasteiger partial charge in [-0.2, -0.15) is 0 Å². The highest BCUT2D eigenvalue weighted by atomic mass is 16.6. The van der Waals surface area contributed by atoms with Crippen LogP contribution in [0.1, 0.15) is 82.9 Å². The molecule has 1 unspecified atom stereocenters. The summed E-state index contributed by atoms with van der Waals surface area (Å²) in [6, 6.07) is 24.3. The van der Waals surface area contributed by atoms with Gasteiger partial charge in [0, 0.05) is 74.4 Å². The lowest BCUT2D eigenvalue weighted by molar-refractivity contribution is -0.144. The fourth-order valence-electron chi connectivity index (χ4n) is 11.5. The van der Waals surface area contributed by atoms with Crippen LogP contribution in [0.25, 0.3) is 10.8 Å². The number of esters is 1. The minimum atomic E-state index is -1.33. The topological polar surface area (TPSA) is 305 Å². The molecular weight excluding hydrogens is 1160 g/mol. The molecule has 3 fully saturated rings. The Labute approximate surface area is 523 Å². The molecule has 3 saturated heterocycles. The fourth-order valence-corrected chi connectivity index (χ4v) is 11.5. The van der Waals surface area contributed by atoms with Gasteiger partial charge in [-0.3, -0.25) is 38.5 Å². The molecule has 8 amide bonds. The predicted octanol–water partition coefficient (Wildman–Crippen LogP) is 4.19. The van der Waals surface area contributed by atoms with Crippen molar-refractivity contribution in [2.45, 2.75) is 108 Å². The van der Waals surface area contributed by atoms with Crippen molar-refractivity contribution in [2.24, 2.45) is 11.7 Å². The van der Waals surface area contributed by atoms with Gasteiger partial charge in [-0.25, -0.2) is 9.59 Å². The molecule has 5 heterocycles. The Kier molecular flexibility index (Phi) is 24.2. The summed E-state index contributed by atoms with van der Waals surface area (Å²) < 4.78 is 29.0. The average molecular weight is 1240 g/mol. The van der Waals surface area contributed by atoms with E-state index in [0.29, 0.717) is 31.5 Å². The number of hydrogen-bond acceptors (Lipinski definition) is 16. The molecule has 0 bridgehead atoms. The number of primary amides is 1. The molecule has 8 rings (SSSR count). The van der Waals surface area contributed by atoms with Crippen molar-refractivity contribution in [3.63, 3.8) is 0 Å². The van der Waals surface area contributed by atoms with E-state index in [4.69, 9.17) is 29.4 Å². The fraction of sp³-hybridized carbons (Fsp3) is 0.477. The second-order valence-corrected chi connectivity index (χ2v) is 23.4. The van der Waals surface area contributed by atoms with Crippen LogP contribution in [0.5, 0.6) is 0 Å². The van der Waals surface area contributed by atoms with Crippen molar-refractivity contribution < 1.29 is 62.0 Å². The summed E-state index contributed by atoms with van der Waals surface area (Å²) >= 11 is 0. The number of piperidine rings is 1. The Bertz CT molecular complexity index is 3280. The molecule has 0 spiro atoms. The van der Waals surface area contributed by atoms with Crippen molar-refractivity contribution >= 4 is 69.8 Å². The molecule has 5 aromatic rings. The summed E-state index contributed by atoms with van der Waals surface area (Å²) in [5, 5.41) is 13.4. The Morgan fingerprint density at radius 1 is 0.756 bits per heavy atom. The van der Waals surface area contributed by atoms with Crippen LogP contribution in [0, 0.1) is 5.92 Å². The molecule has 6 N–H and O–H groups in total. The zero-order valence-corrected chi connectivity index (χ0v) is 51.6. The monoisotopic (exact) mass is 1240 g/mol. The second kappa shape index (κ2) is 32.5. The maximum Gasteiger partial charge on any atom is 0.408 e. The van der Waals surface area contributed by atoms with Crippen molar-refractivity contribution in [1.29, 1.82) is 0 Å². The number of rotatable bonds is 27. The molecule has 3 aliphatic heterocycles. The van der Waals surface area contributed by atoms with Crippen molar-refractivity contribution in [3.05, 3.63) is 137 Å². The Morgan fingerprint density at radius 2 is 1.43 bits per heavy atom. The number of fused-ring (bicyclic) bond motifs is 2. The molecule has 0 aliphatic carbocycles. The molecule has 3 aromatic carbocycles. The molecule has 482 valence electrons. The van der Waals surface area contributed by atoms with E-state index in [1.54, 1.807) is 31.7 Å². The highest BCUT2D eigenvalue weighted by Crippen LogP contribution is 2.33. The lowest BCUT2D eigenvalue weighted by Crippen LogP contribution is -2.62. The van der Waals surface area contributed by atoms with Crippen LogP contribution in [-0.4, -0.2) is 183 Å². The SMILES string of the molecule is COC(=O)Cn1cc(N(CCOCCOCCOCCNC(=O)N2CC[C@H]3CC[C@@H](C(=O)NC(CCC(N)=O)C(=O)NC(c4ccccc4)c4ccccc4)N3C(=O)[C@@H](NC(=O)OC(C)(C)C)C2)C(=O)[C@H]2CCCN(c3cncc4ccccc34)C2)ccc1=O. The second-order valence-electron chi connectivity index (χ2n) is 23.4. The number of pyridine rings is 2. The van der Waals surface area contributed by atoms with Crippen molar-refractivity contribution in [1.82, 2.24) is 40.6 Å². The molecule has 25 nitrogen and oxygen atoms in total. The van der Waals surface area contributed by atoms with Crippen LogP contribution >= 0.6 is 0 Å². The van der Waals surface area contributed by atoms with E-state index in [0.717, 1.165) is 40.6 Å². The summed E-state index contributed by atoms with van der Waals surface area (Å²) in [4.78, 5) is 133. The number of benzene rings is 3. The molecule has 3 aliphatic rings. The van der Waals surface area contributed by atoms with Gasteiger partial charge in [0.05, 0.1) is 82.8 Å². The number of carbonyl (C=O) groups excluding carboxylic acids is 8. The van der Waals surface area contributed by atoms with Gasteiger partial charge in [-0.1, -0.05) is 84.9 Å². The lowest BCUT2D eigenvalue weighted by Gasteiger charge is -2.39. The third-order valence-electron chi connectivity index (χ3n) is 15.9. The molecular formula is C65H83N11O14. The molecule has 25 heteroatoms. The molecule has 0 radical (unpaired) electrons. The maximum atomic E-state index is 14.7. The minimum absolute atomic E-state index is 0.102. The molecule has 2 aromatic heterocycles. The average Bonchev–Trinajstić information content (AvgIpc) is 1.51. The normalized spacial score (nSPS) is 18.0. The van der Waals surface area contributed by atoms with Crippen LogP contribution in [0.3, 0.4) is 0 Å². The smallest absolute Gasteiger partial charge is 0.408 e. The van der Waals surface area contributed by atoms with Gasteiger partial charge in [0.2, 0.25) is 29.5 Å². The summed E-state index contributed by atoms with van der Waals surface area (Å²) in [5.74, 6) is -3.61. The number of methoxy groups -OCH3 is 1. The third-order valence-corrected chi connectivity index (χ3v) is 15.9. The number of anilines is 2. The largest absolute Gasteiger partial charge is 0.468 e. The number of nitrogens with two attached hydrogens (primary N) is 1. The van der Waals surface area contributed by atoms with Crippen LogP contribution < -0.4 is 42.4 Å². The Balaban J connectivity index is 0.804. The van der Waals surface area contributed by atoms with Gasteiger partial charge in [0.15, 0.2) is 0 Å². The van der Waals surface area contributed by atoms with E-state index >= 15 is 0 Å². The highest BCUT2D eigenvalue weighted by Gasteiger charge is 2.46. The van der Waals surface area contributed by atoms with Crippen LogP contribution in [-0.2, 0) is 59.0 Å². The van der Waals surface area contributed by atoms with Crippen molar-refractivity contribution in [3.8, 4) is 0 Å². The number of urea groups is 1. The van der Waals surface area contributed by atoms with Gasteiger partial charge in [0.25, 0.3) is 5.56 Å². The van der Waals surface area contributed by atoms with E-state index in [1.807, 2.05) is 97.3 Å².